The first-order chi connectivity index (χ1) is 8.71. The normalized spacial score (nSPS) is 9.28. The molecule has 0 spiro atoms. The average Bonchev–Trinajstić information content (AvgIpc) is 2.38. The molecule has 1 heterocycles. The van der Waals surface area contributed by atoms with Crippen LogP contribution >= 0.6 is 11.6 Å². The van der Waals surface area contributed by atoms with Gasteiger partial charge in [-0.1, -0.05) is 17.7 Å². The van der Waals surface area contributed by atoms with Crippen molar-refractivity contribution in [1.29, 1.82) is 10.5 Å². The third kappa shape index (κ3) is 2.76. The largest absolute Gasteiger partial charge is 0.439 e. The lowest BCUT2D eigenvalue weighted by Crippen LogP contribution is -1.90. The van der Waals surface area contributed by atoms with Crippen molar-refractivity contribution < 1.29 is 4.74 Å². The Bertz CT molecular complexity index is 671. The number of nitrogens with zero attached hydrogens (tertiary/aromatic N) is 3. The molecule has 0 unspecified atom stereocenters. The van der Waals surface area contributed by atoms with Crippen molar-refractivity contribution in [3.8, 4) is 23.8 Å². The predicted molar refractivity (Wildman–Crippen MR) is 65.2 cm³/mol. The van der Waals surface area contributed by atoms with E-state index in [9.17, 15) is 0 Å². The molecule has 0 aliphatic heterocycles. The molecular formula is C13H6ClN3O. The number of rotatable bonds is 2. The Morgan fingerprint density at radius 2 is 1.83 bits per heavy atom. The van der Waals surface area contributed by atoms with Crippen LogP contribution in [0.3, 0.4) is 0 Å². The molecule has 0 aliphatic rings. The summed E-state index contributed by atoms with van der Waals surface area (Å²) in [6, 6.07) is 13.5. The molecule has 2 aromatic rings. The van der Waals surface area contributed by atoms with E-state index in [-0.39, 0.29) is 11.0 Å². The van der Waals surface area contributed by atoms with Crippen LogP contribution < -0.4 is 4.74 Å². The van der Waals surface area contributed by atoms with E-state index in [1.165, 1.54) is 12.1 Å². The highest BCUT2D eigenvalue weighted by Crippen LogP contribution is 2.23. The van der Waals surface area contributed by atoms with Crippen molar-refractivity contribution in [2.75, 3.05) is 0 Å². The van der Waals surface area contributed by atoms with Crippen molar-refractivity contribution in [3.05, 3.63) is 52.7 Å². The fraction of sp³-hybridized carbons (Fsp3) is 0. The van der Waals surface area contributed by atoms with Gasteiger partial charge in [-0.15, -0.1) is 0 Å². The van der Waals surface area contributed by atoms with Crippen molar-refractivity contribution in [3.63, 3.8) is 0 Å². The Morgan fingerprint density at radius 1 is 1.06 bits per heavy atom. The highest BCUT2D eigenvalue weighted by molar-refractivity contribution is 6.29. The summed E-state index contributed by atoms with van der Waals surface area (Å²) in [5, 5.41) is 17.7. The van der Waals surface area contributed by atoms with Gasteiger partial charge >= 0.3 is 0 Å². The van der Waals surface area contributed by atoms with Crippen molar-refractivity contribution in [1.82, 2.24) is 4.98 Å². The second-order valence-electron chi connectivity index (χ2n) is 3.37. The zero-order valence-corrected chi connectivity index (χ0v) is 9.85. The van der Waals surface area contributed by atoms with Gasteiger partial charge in [0.2, 0.25) is 5.88 Å². The summed E-state index contributed by atoms with van der Waals surface area (Å²) in [7, 11) is 0. The molecule has 0 bridgehead atoms. The van der Waals surface area contributed by atoms with Crippen LogP contribution in [0.15, 0.2) is 36.4 Å². The zero-order chi connectivity index (χ0) is 13.0. The lowest BCUT2D eigenvalue weighted by atomic mass is 10.2. The van der Waals surface area contributed by atoms with Gasteiger partial charge in [-0.05, 0) is 24.3 Å². The van der Waals surface area contributed by atoms with Gasteiger partial charge in [0, 0.05) is 6.07 Å². The first-order valence-electron chi connectivity index (χ1n) is 4.97. The van der Waals surface area contributed by atoms with Gasteiger partial charge in [0.1, 0.15) is 10.9 Å². The van der Waals surface area contributed by atoms with Gasteiger partial charge in [0.25, 0.3) is 0 Å². The first kappa shape index (κ1) is 11.9. The molecule has 0 saturated heterocycles. The summed E-state index contributed by atoms with van der Waals surface area (Å²) in [6.07, 6.45) is 0. The van der Waals surface area contributed by atoms with E-state index >= 15 is 0 Å². The molecule has 2 rings (SSSR count). The number of pyridine rings is 1. The molecule has 5 heteroatoms. The Labute approximate surface area is 109 Å². The smallest absolute Gasteiger partial charge is 0.221 e. The molecular weight excluding hydrogens is 250 g/mol. The Kier molecular flexibility index (Phi) is 3.43. The minimum absolute atomic E-state index is 0.181. The Hall–Kier alpha value is -2.56. The van der Waals surface area contributed by atoms with Crippen LogP contribution in [-0.4, -0.2) is 4.98 Å². The summed E-state index contributed by atoms with van der Waals surface area (Å²) in [5.41, 5.74) is 0.844. The van der Waals surface area contributed by atoms with Gasteiger partial charge in [-0.3, -0.25) is 0 Å². The topological polar surface area (TPSA) is 69.7 Å². The third-order valence-corrected chi connectivity index (χ3v) is 2.28. The van der Waals surface area contributed by atoms with E-state index in [1.54, 1.807) is 24.3 Å². The standard InChI is InChI=1S/C13H6ClN3O/c14-12-5-10(8-16)6-13(17-12)18-11-3-1-2-9(4-11)7-15/h1-6H. The van der Waals surface area contributed by atoms with Crippen LogP contribution in [0.5, 0.6) is 11.6 Å². The average molecular weight is 256 g/mol. The molecule has 0 atom stereocenters. The van der Waals surface area contributed by atoms with Crippen molar-refractivity contribution in [2.24, 2.45) is 0 Å². The van der Waals surface area contributed by atoms with E-state index < -0.39 is 0 Å². The van der Waals surface area contributed by atoms with E-state index in [4.69, 9.17) is 26.9 Å². The summed E-state index contributed by atoms with van der Waals surface area (Å²) >= 11 is 5.76. The molecule has 4 nitrogen and oxygen atoms in total. The maximum absolute atomic E-state index is 8.80. The number of halogens is 1. The lowest BCUT2D eigenvalue weighted by Gasteiger charge is -2.05. The lowest BCUT2D eigenvalue weighted by molar-refractivity contribution is 0.463. The van der Waals surface area contributed by atoms with Gasteiger partial charge in [-0.2, -0.15) is 10.5 Å². The zero-order valence-electron chi connectivity index (χ0n) is 9.09. The van der Waals surface area contributed by atoms with E-state index in [1.807, 2.05) is 12.1 Å². The molecule has 86 valence electrons. The van der Waals surface area contributed by atoms with Gasteiger partial charge in [0.05, 0.1) is 23.3 Å². The number of hydrogen-bond donors (Lipinski definition) is 0. The highest BCUT2D eigenvalue weighted by Gasteiger charge is 2.04. The van der Waals surface area contributed by atoms with Crippen LogP contribution in [0.1, 0.15) is 11.1 Å². The molecule has 1 aromatic carbocycles. The fourth-order valence-electron chi connectivity index (χ4n) is 1.34. The van der Waals surface area contributed by atoms with Crippen molar-refractivity contribution in [2.45, 2.75) is 0 Å². The minimum Gasteiger partial charge on any atom is -0.439 e. The number of ether oxygens (including phenoxy) is 1. The number of aromatic nitrogens is 1. The Morgan fingerprint density at radius 3 is 2.56 bits per heavy atom. The minimum atomic E-state index is 0.181. The fourth-order valence-corrected chi connectivity index (χ4v) is 1.54. The number of nitriles is 2. The number of hydrogen-bond acceptors (Lipinski definition) is 4. The second-order valence-corrected chi connectivity index (χ2v) is 3.76. The van der Waals surface area contributed by atoms with Crippen LogP contribution in [0, 0.1) is 22.7 Å². The van der Waals surface area contributed by atoms with Gasteiger partial charge < -0.3 is 4.74 Å². The van der Waals surface area contributed by atoms with E-state index in [2.05, 4.69) is 4.98 Å². The molecule has 0 saturated carbocycles. The molecule has 0 aliphatic carbocycles. The predicted octanol–water partition coefficient (Wildman–Crippen LogP) is 3.27. The molecule has 18 heavy (non-hydrogen) atoms. The van der Waals surface area contributed by atoms with Crippen LogP contribution in [0.4, 0.5) is 0 Å². The molecule has 0 amide bonds. The quantitative estimate of drug-likeness (QED) is 0.772. The molecule has 0 fully saturated rings. The summed E-state index contributed by atoms with van der Waals surface area (Å²) in [4.78, 5) is 3.94. The van der Waals surface area contributed by atoms with Gasteiger partial charge in [-0.25, -0.2) is 4.98 Å². The Balaban J connectivity index is 2.31. The molecule has 0 N–H and O–H groups in total. The SMILES string of the molecule is N#Cc1cccc(Oc2cc(C#N)cc(Cl)n2)c1. The van der Waals surface area contributed by atoms with E-state index in [0.717, 1.165) is 0 Å². The molecule has 0 radical (unpaired) electrons. The van der Waals surface area contributed by atoms with Crippen molar-refractivity contribution >= 4 is 11.6 Å². The highest BCUT2D eigenvalue weighted by atomic mass is 35.5. The summed E-state index contributed by atoms with van der Waals surface area (Å²) in [5.74, 6) is 0.682. The molecule has 1 aromatic heterocycles. The summed E-state index contributed by atoms with van der Waals surface area (Å²) in [6.45, 7) is 0. The third-order valence-electron chi connectivity index (χ3n) is 2.09. The monoisotopic (exact) mass is 255 g/mol. The number of benzene rings is 1. The van der Waals surface area contributed by atoms with Gasteiger partial charge in [0.15, 0.2) is 0 Å². The van der Waals surface area contributed by atoms with Crippen LogP contribution in [-0.2, 0) is 0 Å². The maximum Gasteiger partial charge on any atom is 0.221 e. The first-order valence-corrected chi connectivity index (χ1v) is 5.35. The van der Waals surface area contributed by atoms with Crippen LogP contribution in [0.2, 0.25) is 5.15 Å². The second kappa shape index (κ2) is 5.18. The summed E-state index contributed by atoms with van der Waals surface area (Å²) < 4.78 is 5.45. The van der Waals surface area contributed by atoms with Crippen LogP contribution in [0.25, 0.3) is 0 Å². The van der Waals surface area contributed by atoms with E-state index in [0.29, 0.717) is 16.9 Å². The maximum atomic E-state index is 8.80.